The minimum Gasteiger partial charge on any atom is -0.394 e. The van der Waals surface area contributed by atoms with Gasteiger partial charge in [0.2, 0.25) is 5.91 Å². The SMILES string of the molecule is CCC(=O)NC[C@H](OCCO)c1ccc(NS(=O)(=O)c2ccccc2Cl)cc1. The molecule has 1 atom stereocenters. The lowest BCUT2D eigenvalue weighted by atomic mass is 10.1. The number of halogens is 1. The molecule has 0 bridgehead atoms. The van der Waals surface area contributed by atoms with E-state index in [0.717, 1.165) is 5.56 Å². The van der Waals surface area contributed by atoms with Gasteiger partial charge in [-0.1, -0.05) is 42.8 Å². The highest BCUT2D eigenvalue weighted by atomic mass is 35.5. The summed E-state index contributed by atoms with van der Waals surface area (Å²) in [6, 6.07) is 12.8. The van der Waals surface area contributed by atoms with Crippen molar-refractivity contribution in [2.75, 3.05) is 24.5 Å². The van der Waals surface area contributed by atoms with Gasteiger partial charge in [-0.3, -0.25) is 9.52 Å². The molecule has 0 aliphatic carbocycles. The van der Waals surface area contributed by atoms with Crippen LogP contribution in [0.25, 0.3) is 0 Å². The minimum absolute atomic E-state index is 0.00724. The van der Waals surface area contributed by atoms with E-state index in [1.807, 2.05) is 0 Å². The highest BCUT2D eigenvalue weighted by Gasteiger charge is 2.18. The first-order chi connectivity index (χ1) is 13.4. The molecule has 7 nitrogen and oxygen atoms in total. The highest BCUT2D eigenvalue weighted by Crippen LogP contribution is 2.25. The molecule has 0 spiro atoms. The zero-order valence-electron chi connectivity index (χ0n) is 15.4. The predicted molar refractivity (Wildman–Crippen MR) is 108 cm³/mol. The van der Waals surface area contributed by atoms with E-state index in [1.54, 1.807) is 43.3 Å². The van der Waals surface area contributed by atoms with Crippen molar-refractivity contribution in [1.82, 2.24) is 5.32 Å². The Balaban J connectivity index is 2.13. The van der Waals surface area contributed by atoms with Crippen LogP contribution in [-0.2, 0) is 19.6 Å². The maximum Gasteiger partial charge on any atom is 0.263 e. The Kier molecular flexibility index (Phi) is 8.25. The van der Waals surface area contributed by atoms with Gasteiger partial charge in [0.1, 0.15) is 4.90 Å². The van der Waals surface area contributed by atoms with Crippen molar-refractivity contribution in [1.29, 1.82) is 0 Å². The van der Waals surface area contributed by atoms with Crippen LogP contribution in [0.5, 0.6) is 0 Å². The van der Waals surface area contributed by atoms with E-state index in [4.69, 9.17) is 21.4 Å². The molecule has 9 heteroatoms. The fourth-order valence-corrected chi connectivity index (χ4v) is 4.02. The Morgan fingerprint density at radius 2 is 1.86 bits per heavy atom. The zero-order valence-corrected chi connectivity index (χ0v) is 17.0. The van der Waals surface area contributed by atoms with E-state index < -0.39 is 16.1 Å². The van der Waals surface area contributed by atoms with Crippen LogP contribution in [0.15, 0.2) is 53.4 Å². The summed E-state index contributed by atoms with van der Waals surface area (Å²) in [5.74, 6) is -0.110. The van der Waals surface area contributed by atoms with Gasteiger partial charge in [0.15, 0.2) is 0 Å². The third-order valence-corrected chi connectivity index (χ3v) is 5.76. The second-order valence-electron chi connectivity index (χ2n) is 5.90. The Morgan fingerprint density at radius 1 is 1.18 bits per heavy atom. The van der Waals surface area contributed by atoms with Crippen LogP contribution in [0.4, 0.5) is 5.69 Å². The lowest BCUT2D eigenvalue weighted by molar-refractivity contribution is -0.121. The number of carbonyl (C=O) groups excluding carboxylic acids is 1. The van der Waals surface area contributed by atoms with Gasteiger partial charge in [0.05, 0.1) is 24.3 Å². The first-order valence-corrected chi connectivity index (χ1v) is 10.6. The molecule has 0 saturated heterocycles. The lowest BCUT2D eigenvalue weighted by Gasteiger charge is -2.19. The summed E-state index contributed by atoms with van der Waals surface area (Å²) in [6.45, 7) is 1.97. The smallest absolute Gasteiger partial charge is 0.263 e. The summed E-state index contributed by atoms with van der Waals surface area (Å²) in [4.78, 5) is 11.5. The van der Waals surface area contributed by atoms with E-state index >= 15 is 0 Å². The molecule has 0 saturated carbocycles. The van der Waals surface area contributed by atoms with Crippen molar-refractivity contribution in [3.8, 4) is 0 Å². The van der Waals surface area contributed by atoms with Crippen LogP contribution >= 0.6 is 11.6 Å². The lowest BCUT2D eigenvalue weighted by Crippen LogP contribution is -2.29. The van der Waals surface area contributed by atoms with Crippen molar-refractivity contribution in [2.45, 2.75) is 24.3 Å². The second kappa shape index (κ2) is 10.4. The van der Waals surface area contributed by atoms with Crippen molar-refractivity contribution >= 4 is 33.2 Å². The molecule has 2 aromatic rings. The van der Waals surface area contributed by atoms with Crippen molar-refractivity contribution < 1.29 is 23.1 Å². The van der Waals surface area contributed by atoms with E-state index in [9.17, 15) is 13.2 Å². The van der Waals surface area contributed by atoms with Crippen LogP contribution in [-0.4, -0.2) is 39.2 Å². The largest absolute Gasteiger partial charge is 0.394 e. The summed E-state index contributed by atoms with van der Waals surface area (Å²) >= 11 is 5.97. The molecule has 0 heterocycles. The Morgan fingerprint density at radius 3 is 2.46 bits per heavy atom. The van der Waals surface area contributed by atoms with Gasteiger partial charge in [-0.25, -0.2) is 8.42 Å². The number of amides is 1. The number of anilines is 1. The fourth-order valence-electron chi connectivity index (χ4n) is 2.44. The summed E-state index contributed by atoms with van der Waals surface area (Å²) in [7, 11) is -3.82. The maximum absolute atomic E-state index is 12.5. The number of aliphatic hydroxyl groups excluding tert-OH is 1. The van der Waals surface area contributed by atoms with Crippen molar-refractivity contribution in [3.63, 3.8) is 0 Å². The third-order valence-electron chi connectivity index (χ3n) is 3.88. The number of benzene rings is 2. The topological polar surface area (TPSA) is 105 Å². The van der Waals surface area contributed by atoms with Gasteiger partial charge >= 0.3 is 0 Å². The number of hydrogen-bond donors (Lipinski definition) is 3. The van der Waals surface area contributed by atoms with Gasteiger partial charge in [0, 0.05) is 18.7 Å². The summed E-state index contributed by atoms with van der Waals surface area (Å²) in [5, 5.41) is 11.9. The second-order valence-corrected chi connectivity index (χ2v) is 7.96. The van der Waals surface area contributed by atoms with Gasteiger partial charge in [0.25, 0.3) is 10.0 Å². The van der Waals surface area contributed by atoms with E-state index in [1.165, 1.54) is 12.1 Å². The van der Waals surface area contributed by atoms with Gasteiger partial charge in [-0.05, 0) is 29.8 Å². The van der Waals surface area contributed by atoms with Gasteiger partial charge < -0.3 is 15.2 Å². The average molecular weight is 427 g/mol. The highest BCUT2D eigenvalue weighted by molar-refractivity contribution is 7.92. The van der Waals surface area contributed by atoms with E-state index in [0.29, 0.717) is 12.1 Å². The van der Waals surface area contributed by atoms with Crippen LogP contribution in [0, 0.1) is 0 Å². The average Bonchev–Trinajstić information content (AvgIpc) is 2.68. The molecule has 0 radical (unpaired) electrons. The molecule has 2 rings (SSSR count). The molecule has 152 valence electrons. The number of sulfonamides is 1. The normalized spacial score (nSPS) is 12.4. The molecule has 0 unspecified atom stereocenters. The number of rotatable bonds is 10. The third kappa shape index (κ3) is 6.20. The van der Waals surface area contributed by atoms with Gasteiger partial charge in [-0.2, -0.15) is 0 Å². The van der Waals surface area contributed by atoms with Crippen molar-refractivity contribution in [3.05, 3.63) is 59.1 Å². The number of hydrogen-bond acceptors (Lipinski definition) is 5. The van der Waals surface area contributed by atoms with E-state index in [-0.39, 0.29) is 35.6 Å². The number of nitrogens with one attached hydrogen (secondary N) is 2. The first kappa shape index (κ1) is 22.2. The molecule has 3 N–H and O–H groups in total. The van der Waals surface area contributed by atoms with Gasteiger partial charge in [-0.15, -0.1) is 0 Å². The number of aliphatic hydroxyl groups is 1. The quantitative estimate of drug-likeness (QED) is 0.541. The van der Waals surface area contributed by atoms with Crippen LogP contribution in [0.1, 0.15) is 25.0 Å². The summed E-state index contributed by atoms with van der Waals surface area (Å²) in [5.41, 5.74) is 1.10. The number of ether oxygens (including phenoxy) is 1. The Hall–Kier alpha value is -2.13. The molecular formula is C19H23ClN2O5S. The van der Waals surface area contributed by atoms with Crippen LogP contribution in [0.2, 0.25) is 5.02 Å². The maximum atomic E-state index is 12.5. The van der Waals surface area contributed by atoms with Crippen LogP contribution in [0.3, 0.4) is 0 Å². The molecule has 0 aromatic heterocycles. The zero-order chi connectivity index (χ0) is 20.6. The first-order valence-electron chi connectivity index (χ1n) is 8.74. The molecule has 2 aromatic carbocycles. The molecule has 28 heavy (non-hydrogen) atoms. The Labute approximate surface area is 169 Å². The molecule has 0 aliphatic heterocycles. The standard InChI is InChI=1S/C19H23ClN2O5S/c1-2-19(24)21-13-17(27-12-11-23)14-7-9-15(10-8-14)22-28(25,26)18-6-4-3-5-16(18)20/h3-10,17,22-23H,2,11-13H2,1H3,(H,21,24)/t17-/m0/s1. The monoisotopic (exact) mass is 426 g/mol. The fraction of sp³-hybridized carbons (Fsp3) is 0.316. The van der Waals surface area contributed by atoms with E-state index in [2.05, 4.69) is 10.0 Å². The summed E-state index contributed by atoms with van der Waals surface area (Å²) in [6.07, 6.45) is -0.105. The predicted octanol–water partition coefficient (Wildman–Crippen LogP) is 2.72. The molecule has 1 amide bonds. The number of carbonyl (C=O) groups is 1. The molecule has 0 fully saturated rings. The summed E-state index contributed by atoms with van der Waals surface area (Å²) < 4.78 is 33.1. The van der Waals surface area contributed by atoms with Crippen LogP contribution < -0.4 is 10.0 Å². The minimum atomic E-state index is -3.82. The molecule has 0 aliphatic rings. The van der Waals surface area contributed by atoms with Crippen molar-refractivity contribution in [2.24, 2.45) is 0 Å². The Bertz CT molecular complexity index is 887. The molecular weight excluding hydrogens is 404 g/mol.